The lowest BCUT2D eigenvalue weighted by atomic mass is 10.4. The standard InChI is InChI=1S/C10H12ClN5S/c1-6-3-8(12)15-10(14-6)17-5-9-13-4-7(11)16(9)2/h3-4H,5H2,1-2H3,(H2,12,14,15). The Labute approximate surface area is 108 Å². The highest BCUT2D eigenvalue weighted by molar-refractivity contribution is 7.98. The molecule has 2 N–H and O–H groups in total. The second-order valence-electron chi connectivity index (χ2n) is 3.56. The third kappa shape index (κ3) is 2.89. The number of nitrogen functional groups attached to an aromatic ring is 1. The summed E-state index contributed by atoms with van der Waals surface area (Å²) in [6, 6.07) is 1.74. The summed E-state index contributed by atoms with van der Waals surface area (Å²) in [4.78, 5) is 12.6. The van der Waals surface area contributed by atoms with Gasteiger partial charge in [-0.3, -0.25) is 0 Å². The smallest absolute Gasteiger partial charge is 0.190 e. The second-order valence-corrected chi connectivity index (χ2v) is 4.89. The van der Waals surface area contributed by atoms with E-state index in [1.807, 2.05) is 18.5 Å². The van der Waals surface area contributed by atoms with Crippen LogP contribution >= 0.6 is 23.4 Å². The molecule has 90 valence electrons. The van der Waals surface area contributed by atoms with E-state index in [-0.39, 0.29) is 0 Å². The lowest BCUT2D eigenvalue weighted by Crippen LogP contribution is -1.99. The summed E-state index contributed by atoms with van der Waals surface area (Å²) in [6.07, 6.45) is 1.63. The summed E-state index contributed by atoms with van der Waals surface area (Å²) in [5.74, 6) is 2.02. The Morgan fingerprint density at radius 1 is 1.47 bits per heavy atom. The van der Waals surface area contributed by atoms with Crippen molar-refractivity contribution < 1.29 is 0 Å². The van der Waals surface area contributed by atoms with Crippen molar-refractivity contribution in [2.75, 3.05) is 5.73 Å². The SMILES string of the molecule is Cc1cc(N)nc(SCc2ncc(Cl)n2C)n1. The van der Waals surface area contributed by atoms with Crippen molar-refractivity contribution in [3.8, 4) is 0 Å². The number of nitrogens with zero attached hydrogens (tertiary/aromatic N) is 4. The van der Waals surface area contributed by atoms with Crippen LogP contribution in [0.15, 0.2) is 17.4 Å². The molecule has 17 heavy (non-hydrogen) atoms. The van der Waals surface area contributed by atoms with Gasteiger partial charge in [0.25, 0.3) is 0 Å². The van der Waals surface area contributed by atoms with Gasteiger partial charge in [0.15, 0.2) is 5.16 Å². The van der Waals surface area contributed by atoms with Gasteiger partial charge in [0.1, 0.15) is 16.8 Å². The molecule has 0 amide bonds. The third-order valence-corrected chi connectivity index (χ3v) is 3.41. The van der Waals surface area contributed by atoms with Gasteiger partial charge in [0.2, 0.25) is 0 Å². The van der Waals surface area contributed by atoms with Crippen molar-refractivity contribution in [2.24, 2.45) is 7.05 Å². The Hall–Kier alpha value is -1.27. The first-order valence-corrected chi connectivity index (χ1v) is 6.32. The van der Waals surface area contributed by atoms with Crippen molar-refractivity contribution in [3.63, 3.8) is 0 Å². The topological polar surface area (TPSA) is 69.6 Å². The number of aromatic nitrogens is 4. The van der Waals surface area contributed by atoms with Crippen molar-refractivity contribution in [2.45, 2.75) is 17.8 Å². The molecule has 2 heterocycles. The molecule has 0 radical (unpaired) electrons. The van der Waals surface area contributed by atoms with Crippen LogP contribution < -0.4 is 5.73 Å². The largest absolute Gasteiger partial charge is 0.384 e. The molecule has 0 saturated heterocycles. The Morgan fingerprint density at radius 2 is 2.24 bits per heavy atom. The van der Waals surface area contributed by atoms with Crippen LogP contribution in [0.2, 0.25) is 5.15 Å². The van der Waals surface area contributed by atoms with Gasteiger partial charge in [-0.1, -0.05) is 23.4 Å². The number of thioether (sulfide) groups is 1. The van der Waals surface area contributed by atoms with Gasteiger partial charge in [-0.05, 0) is 6.92 Å². The first kappa shape index (κ1) is 12.2. The highest BCUT2D eigenvalue weighted by Crippen LogP contribution is 2.21. The maximum Gasteiger partial charge on any atom is 0.190 e. The summed E-state index contributed by atoms with van der Waals surface area (Å²) < 4.78 is 1.83. The Balaban J connectivity index is 2.09. The third-order valence-electron chi connectivity index (χ3n) is 2.21. The van der Waals surface area contributed by atoms with E-state index in [4.69, 9.17) is 17.3 Å². The minimum Gasteiger partial charge on any atom is -0.384 e. The molecule has 0 atom stereocenters. The van der Waals surface area contributed by atoms with Crippen LogP contribution in [0.5, 0.6) is 0 Å². The summed E-state index contributed by atoms with van der Waals surface area (Å²) in [5.41, 5.74) is 6.52. The minimum absolute atomic E-state index is 0.484. The number of hydrogen-bond donors (Lipinski definition) is 1. The van der Waals surface area contributed by atoms with Crippen LogP contribution in [-0.4, -0.2) is 19.5 Å². The Bertz CT molecular complexity index is 519. The number of imidazole rings is 1. The van der Waals surface area contributed by atoms with Gasteiger partial charge in [-0.25, -0.2) is 15.0 Å². The van der Waals surface area contributed by atoms with Crippen LogP contribution in [0.1, 0.15) is 11.5 Å². The average molecular weight is 270 g/mol. The molecule has 2 aromatic heterocycles. The second kappa shape index (κ2) is 4.93. The molecule has 0 aromatic carbocycles. The summed E-state index contributed by atoms with van der Waals surface area (Å²) in [7, 11) is 1.87. The maximum atomic E-state index is 5.90. The fourth-order valence-corrected chi connectivity index (χ4v) is 2.37. The summed E-state index contributed by atoms with van der Waals surface area (Å²) in [6.45, 7) is 1.89. The fourth-order valence-electron chi connectivity index (χ4n) is 1.32. The van der Waals surface area contributed by atoms with E-state index in [1.165, 1.54) is 11.8 Å². The zero-order valence-electron chi connectivity index (χ0n) is 9.51. The molecule has 0 unspecified atom stereocenters. The van der Waals surface area contributed by atoms with Crippen molar-refractivity contribution in [1.82, 2.24) is 19.5 Å². The van der Waals surface area contributed by atoms with Gasteiger partial charge in [-0.2, -0.15) is 0 Å². The van der Waals surface area contributed by atoms with Crippen LogP contribution in [0, 0.1) is 6.92 Å². The quantitative estimate of drug-likeness (QED) is 0.682. The average Bonchev–Trinajstić information content (AvgIpc) is 2.56. The zero-order chi connectivity index (χ0) is 12.4. The molecule has 0 spiro atoms. The molecule has 0 bridgehead atoms. The van der Waals surface area contributed by atoms with Gasteiger partial charge in [0.05, 0.1) is 11.9 Å². The number of hydrogen-bond acceptors (Lipinski definition) is 5. The first-order valence-electron chi connectivity index (χ1n) is 4.96. The van der Waals surface area contributed by atoms with Gasteiger partial charge < -0.3 is 10.3 Å². The molecule has 0 aliphatic carbocycles. The van der Waals surface area contributed by atoms with E-state index in [2.05, 4.69) is 15.0 Å². The molecule has 0 saturated carbocycles. The number of halogens is 1. The number of aryl methyl sites for hydroxylation is 1. The lowest BCUT2D eigenvalue weighted by molar-refractivity contribution is 0.846. The molecule has 2 aromatic rings. The van der Waals surface area contributed by atoms with Crippen molar-refractivity contribution >= 4 is 29.2 Å². The normalized spacial score (nSPS) is 10.8. The van der Waals surface area contributed by atoms with Crippen LogP contribution in [0.3, 0.4) is 0 Å². The summed E-state index contributed by atoms with van der Waals surface area (Å²) in [5, 5.41) is 1.27. The van der Waals surface area contributed by atoms with E-state index >= 15 is 0 Å². The van der Waals surface area contributed by atoms with E-state index in [0.29, 0.717) is 21.9 Å². The molecular weight excluding hydrogens is 258 g/mol. The maximum absolute atomic E-state index is 5.90. The van der Waals surface area contributed by atoms with E-state index in [9.17, 15) is 0 Å². The van der Waals surface area contributed by atoms with Crippen molar-refractivity contribution in [3.05, 3.63) is 28.9 Å². The van der Waals surface area contributed by atoms with Crippen molar-refractivity contribution in [1.29, 1.82) is 0 Å². The monoisotopic (exact) mass is 269 g/mol. The molecule has 0 aliphatic rings. The zero-order valence-corrected chi connectivity index (χ0v) is 11.1. The van der Waals surface area contributed by atoms with E-state index in [0.717, 1.165) is 11.5 Å². The summed E-state index contributed by atoms with van der Waals surface area (Å²) >= 11 is 7.39. The highest BCUT2D eigenvalue weighted by Gasteiger charge is 2.07. The molecule has 5 nitrogen and oxygen atoms in total. The number of anilines is 1. The molecule has 7 heteroatoms. The van der Waals surface area contributed by atoms with Crippen LogP contribution in [-0.2, 0) is 12.8 Å². The van der Waals surface area contributed by atoms with Crippen LogP contribution in [0.4, 0.5) is 5.82 Å². The first-order chi connectivity index (χ1) is 8.06. The van der Waals surface area contributed by atoms with Crippen LogP contribution in [0.25, 0.3) is 0 Å². The predicted octanol–water partition coefficient (Wildman–Crippen LogP) is 2.05. The molecule has 0 fully saturated rings. The van der Waals surface area contributed by atoms with Gasteiger partial charge >= 0.3 is 0 Å². The Morgan fingerprint density at radius 3 is 2.82 bits per heavy atom. The van der Waals surface area contributed by atoms with Gasteiger partial charge in [-0.15, -0.1) is 0 Å². The van der Waals surface area contributed by atoms with Gasteiger partial charge in [0, 0.05) is 18.8 Å². The highest BCUT2D eigenvalue weighted by atomic mass is 35.5. The number of rotatable bonds is 3. The molecular formula is C10H12ClN5S. The Kier molecular flexibility index (Phi) is 3.54. The van der Waals surface area contributed by atoms with E-state index in [1.54, 1.807) is 12.3 Å². The molecule has 0 aliphatic heterocycles. The lowest BCUT2D eigenvalue weighted by Gasteiger charge is -2.03. The molecule has 2 rings (SSSR count). The fraction of sp³-hybridized carbons (Fsp3) is 0.300. The minimum atomic E-state index is 0.484. The number of nitrogens with two attached hydrogens (primary N) is 1. The predicted molar refractivity (Wildman–Crippen MR) is 69.0 cm³/mol. The van der Waals surface area contributed by atoms with E-state index < -0.39 is 0 Å².